The minimum atomic E-state index is -0.119. The van der Waals surface area contributed by atoms with Crippen molar-refractivity contribution in [1.29, 1.82) is 5.26 Å². The van der Waals surface area contributed by atoms with Crippen LogP contribution < -0.4 is 10.6 Å². The van der Waals surface area contributed by atoms with Crippen LogP contribution in [0.15, 0.2) is 23.2 Å². The third-order valence-corrected chi connectivity index (χ3v) is 3.21. The van der Waals surface area contributed by atoms with E-state index in [2.05, 4.69) is 15.6 Å². The highest BCUT2D eigenvalue weighted by Crippen LogP contribution is 2.27. The molecule has 0 saturated carbocycles. The molecule has 2 N–H and O–H groups in total. The number of hydrogen-bond acceptors (Lipinski definition) is 4. The maximum Gasteiger partial charge on any atom is 0.226 e. The molecule has 0 fully saturated rings. The van der Waals surface area contributed by atoms with E-state index in [9.17, 15) is 4.79 Å². The summed E-state index contributed by atoms with van der Waals surface area (Å²) in [6, 6.07) is 5.04. The summed E-state index contributed by atoms with van der Waals surface area (Å²) >= 11 is 7.42. The molecule has 5 nitrogen and oxygen atoms in total. The van der Waals surface area contributed by atoms with Gasteiger partial charge >= 0.3 is 0 Å². The Morgan fingerprint density at radius 2 is 2.20 bits per heavy atom. The van der Waals surface area contributed by atoms with Gasteiger partial charge in [-0.1, -0.05) is 37.2 Å². The largest absolute Gasteiger partial charge is 0.325 e. The summed E-state index contributed by atoms with van der Waals surface area (Å²) in [5.41, 5.74) is 1.15. The highest BCUT2D eigenvalue weighted by molar-refractivity contribution is 8.13. The van der Waals surface area contributed by atoms with Crippen molar-refractivity contribution in [2.75, 3.05) is 11.6 Å². The smallest absolute Gasteiger partial charge is 0.226 e. The molecule has 0 aliphatic heterocycles. The standard InChI is InChI=1S/C13H15ClN4OS/c1-8(2)12(19)18-11-5-4-9(6-10(11)14)17-13(20-3)16-7-15/h4-6,8H,1-3H3,(H,16,17)(H,18,19). The first-order chi connectivity index (χ1) is 9.47. The van der Waals surface area contributed by atoms with E-state index in [1.807, 2.05) is 12.4 Å². The van der Waals surface area contributed by atoms with Gasteiger partial charge in [0.05, 0.1) is 16.4 Å². The Hall–Kier alpha value is -1.71. The lowest BCUT2D eigenvalue weighted by atomic mass is 10.2. The van der Waals surface area contributed by atoms with Gasteiger partial charge in [0, 0.05) is 5.92 Å². The number of nitrogens with one attached hydrogen (secondary N) is 2. The normalized spacial score (nSPS) is 11.1. The van der Waals surface area contributed by atoms with E-state index >= 15 is 0 Å². The minimum Gasteiger partial charge on any atom is -0.325 e. The summed E-state index contributed by atoms with van der Waals surface area (Å²) in [4.78, 5) is 15.8. The number of amidine groups is 1. The molecular formula is C13H15ClN4OS. The monoisotopic (exact) mass is 310 g/mol. The molecule has 1 aromatic carbocycles. The number of nitriles is 1. The van der Waals surface area contributed by atoms with E-state index in [-0.39, 0.29) is 11.8 Å². The van der Waals surface area contributed by atoms with Gasteiger partial charge in [0.25, 0.3) is 0 Å². The van der Waals surface area contributed by atoms with E-state index < -0.39 is 0 Å². The number of amides is 1. The highest BCUT2D eigenvalue weighted by atomic mass is 35.5. The summed E-state index contributed by atoms with van der Waals surface area (Å²) < 4.78 is 0. The van der Waals surface area contributed by atoms with Crippen molar-refractivity contribution in [2.24, 2.45) is 10.9 Å². The average Bonchev–Trinajstić information content (AvgIpc) is 2.41. The maximum atomic E-state index is 11.6. The van der Waals surface area contributed by atoms with Crippen LogP contribution in [0.25, 0.3) is 0 Å². The van der Waals surface area contributed by atoms with Crippen LogP contribution >= 0.6 is 23.4 Å². The van der Waals surface area contributed by atoms with Crippen LogP contribution in [0.5, 0.6) is 0 Å². The summed E-state index contributed by atoms with van der Waals surface area (Å²) in [7, 11) is 0. The molecule has 0 atom stereocenters. The average molecular weight is 311 g/mol. The van der Waals surface area contributed by atoms with Crippen molar-refractivity contribution in [3.05, 3.63) is 23.2 Å². The summed E-state index contributed by atoms with van der Waals surface area (Å²) in [6.07, 6.45) is 3.62. The number of anilines is 1. The number of thioether (sulfide) groups is 1. The Bertz CT molecular complexity index is 566. The second kappa shape index (κ2) is 7.78. The van der Waals surface area contributed by atoms with Crippen molar-refractivity contribution < 1.29 is 4.79 Å². The third kappa shape index (κ3) is 4.76. The highest BCUT2D eigenvalue weighted by Gasteiger charge is 2.10. The first kappa shape index (κ1) is 16.3. The maximum absolute atomic E-state index is 11.6. The van der Waals surface area contributed by atoms with Gasteiger partial charge in [-0.3, -0.25) is 10.1 Å². The first-order valence-electron chi connectivity index (χ1n) is 5.86. The van der Waals surface area contributed by atoms with Crippen LogP contribution in [0.4, 0.5) is 11.4 Å². The Kier molecular flexibility index (Phi) is 6.36. The quantitative estimate of drug-likeness (QED) is 0.388. The Morgan fingerprint density at radius 3 is 2.70 bits per heavy atom. The van der Waals surface area contributed by atoms with Crippen LogP contribution in [0.2, 0.25) is 5.02 Å². The SMILES string of the molecule is CSC(=Nc1ccc(NC(=O)C(C)C)c(Cl)c1)NC#N. The predicted octanol–water partition coefficient (Wildman–Crippen LogP) is 3.36. The molecule has 0 saturated heterocycles. The molecule has 106 valence electrons. The molecule has 0 aliphatic carbocycles. The lowest BCUT2D eigenvalue weighted by molar-refractivity contribution is -0.118. The predicted molar refractivity (Wildman–Crippen MR) is 84.3 cm³/mol. The van der Waals surface area contributed by atoms with Gasteiger partial charge in [-0.15, -0.1) is 0 Å². The molecule has 0 radical (unpaired) electrons. The molecule has 0 bridgehead atoms. The number of rotatable bonds is 3. The number of halogens is 1. The summed E-state index contributed by atoms with van der Waals surface area (Å²) in [5.74, 6) is -0.217. The zero-order valence-electron chi connectivity index (χ0n) is 11.4. The van der Waals surface area contributed by atoms with Gasteiger partial charge in [-0.2, -0.15) is 5.26 Å². The number of hydrogen-bond donors (Lipinski definition) is 2. The van der Waals surface area contributed by atoms with Gasteiger partial charge in [0.15, 0.2) is 11.4 Å². The zero-order chi connectivity index (χ0) is 15.1. The zero-order valence-corrected chi connectivity index (χ0v) is 13.0. The van der Waals surface area contributed by atoms with Crippen LogP contribution in [0.3, 0.4) is 0 Å². The molecule has 1 amide bonds. The number of carbonyl (C=O) groups is 1. The van der Waals surface area contributed by atoms with E-state index in [0.717, 1.165) is 0 Å². The topological polar surface area (TPSA) is 77.3 Å². The summed E-state index contributed by atoms with van der Waals surface area (Å²) in [6.45, 7) is 3.61. The van der Waals surface area contributed by atoms with E-state index in [1.54, 1.807) is 32.0 Å². The Morgan fingerprint density at radius 1 is 1.50 bits per heavy atom. The number of carbonyl (C=O) groups excluding carboxylic acids is 1. The lowest BCUT2D eigenvalue weighted by Crippen LogP contribution is -2.17. The fourth-order valence-electron chi connectivity index (χ4n) is 1.24. The van der Waals surface area contributed by atoms with Gasteiger partial charge in [0.2, 0.25) is 5.91 Å². The fourth-order valence-corrected chi connectivity index (χ4v) is 1.81. The molecular weight excluding hydrogens is 296 g/mol. The fraction of sp³-hybridized carbons (Fsp3) is 0.308. The molecule has 1 rings (SSSR count). The van der Waals surface area contributed by atoms with Crippen molar-refractivity contribution in [3.63, 3.8) is 0 Å². The van der Waals surface area contributed by atoms with E-state index in [0.29, 0.717) is 21.6 Å². The molecule has 0 spiro atoms. The molecule has 0 unspecified atom stereocenters. The minimum absolute atomic E-state index is 0.0981. The lowest BCUT2D eigenvalue weighted by Gasteiger charge is -2.10. The molecule has 0 heterocycles. The second-order valence-corrected chi connectivity index (χ2v) is 5.37. The van der Waals surface area contributed by atoms with Gasteiger partial charge in [0.1, 0.15) is 0 Å². The number of aliphatic imine (C=N–C) groups is 1. The molecule has 7 heteroatoms. The first-order valence-corrected chi connectivity index (χ1v) is 7.46. The van der Waals surface area contributed by atoms with Crippen LogP contribution in [0.1, 0.15) is 13.8 Å². The Labute approximate surface area is 127 Å². The Balaban J connectivity index is 2.93. The van der Waals surface area contributed by atoms with Crippen LogP contribution in [-0.2, 0) is 4.79 Å². The van der Waals surface area contributed by atoms with Crippen LogP contribution in [0, 0.1) is 17.4 Å². The van der Waals surface area contributed by atoms with Crippen molar-refractivity contribution >= 4 is 45.8 Å². The molecule has 0 aromatic heterocycles. The van der Waals surface area contributed by atoms with Gasteiger partial charge < -0.3 is 5.32 Å². The van der Waals surface area contributed by atoms with Gasteiger partial charge in [-0.25, -0.2) is 4.99 Å². The van der Waals surface area contributed by atoms with Crippen molar-refractivity contribution in [2.45, 2.75) is 13.8 Å². The number of benzene rings is 1. The molecule has 20 heavy (non-hydrogen) atoms. The van der Waals surface area contributed by atoms with Crippen molar-refractivity contribution in [3.8, 4) is 6.19 Å². The van der Waals surface area contributed by atoms with Crippen molar-refractivity contribution in [1.82, 2.24) is 5.32 Å². The summed E-state index contributed by atoms with van der Waals surface area (Å²) in [5, 5.41) is 14.6. The van der Waals surface area contributed by atoms with Gasteiger partial charge in [-0.05, 0) is 24.5 Å². The third-order valence-electron chi connectivity index (χ3n) is 2.32. The molecule has 0 aliphatic rings. The van der Waals surface area contributed by atoms with E-state index in [4.69, 9.17) is 16.9 Å². The second-order valence-electron chi connectivity index (χ2n) is 4.17. The molecule has 1 aromatic rings. The van der Waals surface area contributed by atoms with E-state index in [1.165, 1.54) is 11.8 Å². The number of nitrogens with zero attached hydrogens (tertiary/aromatic N) is 2. The van der Waals surface area contributed by atoms with Crippen LogP contribution in [-0.4, -0.2) is 17.3 Å².